The second-order valence-corrected chi connectivity index (χ2v) is 7.42. The minimum Gasteiger partial charge on any atom is -0.335 e. The summed E-state index contributed by atoms with van der Waals surface area (Å²) in [4.78, 5) is 13.7. The predicted octanol–water partition coefficient (Wildman–Crippen LogP) is 3.52. The van der Waals surface area contributed by atoms with Crippen LogP contribution in [0.25, 0.3) is 0 Å². The van der Waals surface area contributed by atoms with Gasteiger partial charge in [-0.15, -0.1) is 23.1 Å². The van der Waals surface area contributed by atoms with Crippen LogP contribution in [-0.2, 0) is 11.2 Å². The van der Waals surface area contributed by atoms with E-state index >= 15 is 0 Å². The number of aryl methyl sites for hydroxylation is 1. The van der Waals surface area contributed by atoms with Crippen LogP contribution in [0.1, 0.15) is 27.3 Å². The van der Waals surface area contributed by atoms with E-state index < -0.39 is 6.04 Å². The van der Waals surface area contributed by atoms with Crippen LogP contribution in [0, 0.1) is 11.3 Å². The Morgan fingerprint density at radius 3 is 3.10 bits per heavy atom. The van der Waals surface area contributed by atoms with Gasteiger partial charge in [0, 0.05) is 4.88 Å². The van der Waals surface area contributed by atoms with E-state index in [2.05, 4.69) is 11.4 Å². The highest BCUT2D eigenvalue weighted by Crippen LogP contribution is 2.39. The van der Waals surface area contributed by atoms with Crippen molar-refractivity contribution < 1.29 is 4.79 Å². The monoisotopic (exact) mass is 320 g/mol. The highest BCUT2D eigenvalue weighted by molar-refractivity contribution is 8.00. The van der Waals surface area contributed by atoms with Gasteiger partial charge in [-0.1, -0.05) is 0 Å². The van der Waals surface area contributed by atoms with Gasteiger partial charge in [-0.25, -0.2) is 0 Å². The summed E-state index contributed by atoms with van der Waals surface area (Å²) in [6, 6.07) is 5.51. The number of nitriles is 1. The summed E-state index contributed by atoms with van der Waals surface area (Å²) in [6.07, 6.45) is 1.04. The first-order chi connectivity index (χ1) is 9.79. The molecule has 0 aliphatic carbocycles. The summed E-state index contributed by atoms with van der Waals surface area (Å²) in [5, 5.41) is 17.8. The summed E-state index contributed by atoms with van der Waals surface area (Å²) in [7, 11) is 0. The summed E-state index contributed by atoms with van der Waals surface area (Å²) < 4.78 is 0. The summed E-state index contributed by atoms with van der Waals surface area (Å²) in [5.41, 5.74) is 1.97. The number of thiophene rings is 2. The number of hydrogen-bond acceptors (Lipinski definition) is 5. The Hall–Kier alpha value is -1.29. The fourth-order valence-corrected chi connectivity index (χ4v) is 5.20. The van der Waals surface area contributed by atoms with E-state index in [1.165, 1.54) is 16.2 Å². The molecule has 0 spiro atoms. The number of fused-ring (bicyclic) bond motifs is 1. The Morgan fingerprint density at radius 1 is 1.45 bits per heavy atom. The summed E-state index contributed by atoms with van der Waals surface area (Å²) in [6.45, 7) is 0. The largest absolute Gasteiger partial charge is 0.335 e. The average molecular weight is 320 g/mol. The second-order valence-electron chi connectivity index (χ2n) is 4.43. The molecular formula is C14H12N2OS3. The molecule has 0 fully saturated rings. The van der Waals surface area contributed by atoms with Crippen molar-refractivity contribution in [1.29, 1.82) is 5.26 Å². The van der Waals surface area contributed by atoms with Crippen LogP contribution in [0.4, 0.5) is 0 Å². The molecule has 6 heteroatoms. The van der Waals surface area contributed by atoms with Crippen molar-refractivity contribution in [3.63, 3.8) is 0 Å². The second kappa shape index (κ2) is 6.00. The standard InChI is InChI=1S/C14H12N2OS3/c15-7-11(9-1-4-18-8-9)16-14(17)13-10-2-5-19-12(10)3-6-20-13/h1-2,4-5,8,11,13H,3,6H2,(H,16,17). The minimum atomic E-state index is -0.557. The highest BCUT2D eigenvalue weighted by Gasteiger charge is 2.29. The van der Waals surface area contributed by atoms with Crippen LogP contribution in [0.5, 0.6) is 0 Å². The SMILES string of the molecule is N#CC(NC(=O)C1SCCc2sccc21)c1ccsc1. The molecule has 3 nitrogen and oxygen atoms in total. The van der Waals surface area contributed by atoms with Crippen LogP contribution >= 0.6 is 34.4 Å². The number of amides is 1. The molecule has 2 aromatic heterocycles. The fraction of sp³-hybridized carbons (Fsp3) is 0.286. The van der Waals surface area contributed by atoms with E-state index in [0.29, 0.717) is 0 Å². The molecule has 2 unspecified atom stereocenters. The van der Waals surface area contributed by atoms with Crippen molar-refractivity contribution in [3.8, 4) is 6.07 Å². The van der Waals surface area contributed by atoms with Gasteiger partial charge in [0.2, 0.25) is 5.91 Å². The van der Waals surface area contributed by atoms with Crippen LogP contribution < -0.4 is 5.32 Å². The molecule has 1 aliphatic heterocycles. The predicted molar refractivity (Wildman–Crippen MR) is 84.0 cm³/mol. The zero-order chi connectivity index (χ0) is 13.9. The van der Waals surface area contributed by atoms with E-state index in [-0.39, 0.29) is 11.2 Å². The maximum absolute atomic E-state index is 12.4. The molecule has 0 saturated carbocycles. The van der Waals surface area contributed by atoms with E-state index in [1.807, 2.05) is 28.3 Å². The van der Waals surface area contributed by atoms with Gasteiger partial charge in [-0.2, -0.15) is 16.6 Å². The van der Waals surface area contributed by atoms with E-state index in [4.69, 9.17) is 0 Å². The molecule has 2 aromatic rings. The lowest BCUT2D eigenvalue weighted by atomic mass is 10.1. The van der Waals surface area contributed by atoms with E-state index in [0.717, 1.165) is 23.3 Å². The van der Waals surface area contributed by atoms with Crippen molar-refractivity contribution in [2.24, 2.45) is 0 Å². The number of rotatable bonds is 3. The van der Waals surface area contributed by atoms with Gasteiger partial charge in [0.1, 0.15) is 11.3 Å². The van der Waals surface area contributed by atoms with Crippen LogP contribution in [-0.4, -0.2) is 11.7 Å². The van der Waals surface area contributed by atoms with Crippen LogP contribution in [0.2, 0.25) is 0 Å². The lowest BCUT2D eigenvalue weighted by Crippen LogP contribution is -2.32. The molecule has 0 aromatic carbocycles. The molecule has 3 rings (SSSR count). The quantitative estimate of drug-likeness (QED) is 0.941. The Kier molecular flexibility index (Phi) is 4.10. The van der Waals surface area contributed by atoms with Crippen LogP contribution in [0.3, 0.4) is 0 Å². The topological polar surface area (TPSA) is 52.9 Å². The summed E-state index contributed by atoms with van der Waals surface area (Å²) >= 11 is 4.90. The Balaban J connectivity index is 1.76. The third kappa shape index (κ3) is 2.62. The minimum absolute atomic E-state index is 0.0629. The number of nitrogens with zero attached hydrogens (tertiary/aromatic N) is 1. The van der Waals surface area contributed by atoms with Gasteiger partial charge in [-0.3, -0.25) is 4.79 Å². The van der Waals surface area contributed by atoms with Gasteiger partial charge in [0.15, 0.2) is 0 Å². The average Bonchev–Trinajstić information content (AvgIpc) is 3.14. The number of carbonyl (C=O) groups is 1. The zero-order valence-corrected chi connectivity index (χ0v) is 13.0. The zero-order valence-electron chi connectivity index (χ0n) is 10.5. The molecular weight excluding hydrogens is 308 g/mol. The van der Waals surface area contributed by atoms with Gasteiger partial charge < -0.3 is 5.32 Å². The third-order valence-electron chi connectivity index (χ3n) is 3.21. The molecule has 1 aliphatic rings. The van der Waals surface area contributed by atoms with Crippen molar-refractivity contribution >= 4 is 40.3 Å². The van der Waals surface area contributed by atoms with Gasteiger partial charge in [-0.05, 0) is 51.6 Å². The molecule has 1 N–H and O–H groups in total. The normalized spacial score (nSPS) is 18.9. The Labute approximate surface area is 129 Å². The number of carbonyl (C=O) groups excluding carboxylic acids is 1. The van der Waals surface area contributed by atoms with E-state index in [9.17, 15) is 10.1 Å². The van der Waals surface area contributed by atoms with Crippen molar-refractivity contribution in [1.82, 2.24) is 5.32 Å². The number of nitrogens with one attached hydrogen (secondary N) is 1. The molecule has 0 saturated heterocycles. The third-order valence-corrected chi connectivity index (χ3v) is 6.15. The van der Waals surface area contributed by atoms with Gasteiger partial charge in [0.25, 0.3) is 0 Å². The molecule has 2 atom stereocenters. The number of thioether (sulfide) groups is 1. The molecule has 0 bridgehead atoms. The lowest BCUT2D eigenvalue weighted by molar-refractivity contribution is -0.121. The first-order valence-corrected chi connectivity index (χ1v) is 9.06. The van der Waals surface area contributed by atoms with Crippen molar-refractivity contribution in [2.45, 2.75) is 17.7 Å². The summed E-state index contributed by atoms with van der Waals surface area (Å²) in [5.74, 6) is 0.897. The highest BCUT2D eigenvalue weighted by atomic mass is 32.2. The van der Waals surface area contributed by atoms with Crippen molar-refractivity contribution in [2.75, 3.05) is 5.75 Å². The van der Waals surface area contributed by atoms with Crippen LogP contribution in [0.15, 0.2) is 28.3 Å². The maximum Gasteiger partial charge on any atom is 0.238 e. The molecule has 1 amide bonds. The fourth-order valence-electron chi connectivity index (χ4n) is 2.21. The maximum atomic E-state index is 12.4. The first-order valence-electron chi connectivity index (χ1n) is 6.19. The molecule has 0 radical (unpaired) electrons. The van der Waals surface area contributed by atoms with Gasteiger partial charge in [0.05, 0.1) is 6.07 Å². The van der Waals surface area contributed by atoms with Crippen molar-refractivity contribution in [3.05, 3.63) is 44.3 Å². The Morgan fingerprint density at radius 2 is 2.35 bits per heavy atom. The van der Waals surface area contributed by atoms with E-state index in [1.54, 1.807) is 23.1 Å². The van der Waals surface area contributed by atoms with Gasteiger partial charge >= 0.3 is 0 Å². The lowest BCUT2D eigenvalue weighted by Gasteiger charge is -2.22. The first kappa shape index (κ1) is 13.7. The molecule has 3 heterocycles. The molecule has 102 valence electrons. The number of hydrogen-bond donors (Lipinski definition) is 1. The smallest absolute Gasteiger partial charge is 0.238 e. The Bertz CT molecular complexity index is 642. The molecule has 20 heavy (non-hydrogen) atoms.